The molecule has 1 aliphatic rings. The molecule has 2 nitrogen and oxygen atoms in total. The van der Waals surface area contributed by atoms with Crippen LogP contribution in [-0.4, -0.2) is 31.6 Å². The number of rotatable bonds is 4. The van der Waals surface area contributed by atoms with Crippen LogP contribution < -0.4 is 5.32 Å². The highest BCUT2D eigenvalue weighted by atomic mass is 35.5. The Bertz CT molecular complexity index is 340. The molecule has 0 bridgehead atoms. The van der Waals surface area contributed by atoms with E-state index in [-0.39, 0.29) is 0 Å². The predicted molar refractivity (Wildman–Crippen MR) is 71.2 cm³/mol. The second kappa shape index (κ2) is 5.50. The monoisotopic (exact) mass is 258 g/mol. The van der Waals surface area contributed by atoms with Crippen molar-refractivity contribution in [2.75, 3.05) is 26.7 Å². The van der Waals surface area contributed by atoms with Gasteiger partial charge in [0.25, 0.3) is 0 Å². The van der Waals surface area contributed by atoms with Gasteiger partial charge >= 0.3 is 0 Å². The third-order valence-electron chi connectivity index (χ3n) is 3.28. The fourth-order valence-electron chi connectivity index (χ4n) is 2.28. The quantitative estimate of drug-likeness (QED) is 0.893. The fourth-order valence-corrected chi connectivity index (χ4v) is 3.44. The molecule has 0 saturated carbocycles. The minimum atomic E-state index is 0.792. The molecular weight excluding hydrogens is 240 g/mol. The molecule has 1 saturated heterocycles. The van der Waals surface area contributed by atoms with Gasteiger partial charge in [-0.1, -0.05) is 18.5 Å². The van der Waals surface area contributed by atoms with Crippen LogP contribution in [0, 0.1) is 11.8 Å². The van der Waals surface area contributed by atoms with Crippen LogP contribution in [0.5, 0.6) is 0 Å². The van der Waals surface area contributed by atoms with E-state index in [9.17, 15) is 0 Å². The van der Waals surface area contributed by atoms with Gasteiger partial charge in [-0.05, 0) is 44.1 Å². The fraction of sp³-hybridized carbons (Fsp3) is 0.667. The number of thiophene rings is 1. The van der Waals surface area contributed by atoms with Gasteiger partial charge in [0.1, 0.15) is 0 Å². The first-order valence-corrected chi connectivity index (χ1v) is 6.98. The van der Waals surface area contributed by atoms with Gasteiger partial charge in [-0.3, -0.25) is 0 Å². The van der Waals surface area contributed by atoms with E-state index in [1.54, 1.807) is 11.3 Å². The number of nitrogens with one attached hydrogen (secondary N) is 1. The molecule has 1 aromatic rings. The average molecular weight is 259 g/mol. The molecule has 1 N–H and O–H groups in total. The van der Waals surface area contributed by atoms with Crippen LogP contribution in [0.2, 0.25) is 4.34 Å². The Morgan fingerprint density at radius 3 is 2.88 bits per heavy atom. The SMILES string of the molecule is CC1CNCC1CN(C)Cc1ccc(Cl)s1. The Morgan fingerprint density at radius 1 is 1.50 bits per heavy atom. The van der Waals surface area contributed by atoms with Crippen LogP contribution >= 0.6 is 22.9 Å². The van der Waals surface area contributed by atoms with Crippen LogP contribution in [-0.2, 0) is 6.54 Å². The van der Waals surface area contributed by atoms with Crippen LogP contribution in [0.1, 0.15) is 11.8 Å². The van der Waals surface area contributed by atoms with Crippen molar-refractivity contribution >= 4 is 22.9 Å². The lowest BCUT2D eigenvalue weighted by atomic mass is 9.98. The van der Waals surface area contributed by atoms with E-state index in [1.807, 2.05) is 6.07 Å². The van der Waals surface area contributed by atoms with Crippen molar-refractivity contribution in [1.29, 1.82) is 0 Å². The van der Waals surface area contributed by atoms with Gasteiger partial charge < -0.3 is 10.2 Å². The molecule has 1 aromatic heterocycles. The smallest absolute Gasteiger partial charge is 0.0931 e. The summed E-state index contributed by atoms with van der Waals surface area (Å²) in [6.07, 6.45) is 0. The summed E-state index contributed by atoms with van der Waals surface area (Å²) in [5.41, 5.74) is 0. The van der Waals surface area contributed by atoms with Gasteiger partial charge in [0.15, 0.2) is 0 Å². The lowest BCUT2D eigenvalue weighted by Gasteiger charge is -2.22. The summed E-state index contributed by atoms with van der Waals surface area (Å²) < 4.78 is 0.888. The summed E-state index contributed by atoms with van der Waals surface area (Å²) in [7, 11) is 2.19. The molecule has 2 unspecified atom stereocenters. The van der Waals surface area contributed by atoms with Crippen molar-refractivity contribution in [3.8, 4) is 0 Å². The van der Waals surface area contributed by atoms with Crippen LogP contribution in [0.3, 0.4) is 0 Å². The highest BCUT2D eigenvalue weighted by molar-refractivity contribution is 7.16. The third kappa shape index (κ3) is 3.20. The summed E-state index contributed by atoms with van der Waals surface area (Å²) in [5, 5.41) is 3.45. The van der Waals surface area contributed by atoms with Crippen molar-refractivity contribution in [3.05, 3.63) is 21.3 Å². The van der Waals surface area contributed by atoms with Crippen molar-refractivity contribution < 1.29 is 0 Å². The second-order valence-corrected chi connectivity index (χ2v) is 6.60. The zero-order chi connectivity index (χ0) is 11.5. The molecule has 0 aliphatic carbocycles. The highest BCUT2D eigenvalue weighted by Gasteiger charge is 2.23. The number of hydrogen-bond donors (Lipinski definition) is 1. The molecule has 0 amide bonds. The first kappa shape index (κ1) is 12.4. The summed E-state index contributed by atoms with van der Waals surface area (Å²) in [6, 6.07) is 4.11. The van der Waals surface area contributed by atoms with E-state index in [1.165, 1.54) is 18.0 Å². The van der Waals surface area contributed by atoms with Crippen LogP contribution in [0.25, 0.3) is 0 Å². The standard InChI is InChI=1S/C12H19ClN2S/c1-9-5-14-6-10(9)7-15(2)8-11-3-4-12(13)16-11/h3-4,9-10,14H,5-8H2,1-2H3. The normalized spacial score (nSPS) is 25.5. The maximum atomic E-state index is 5.93. The predicted octanol–water partition coefficient (Wildman–Crippen LogP) is 2.69. The van der Waals surface area contributed by atoms with Crippen molar-refractivity contribution in [2.24, 2.45) is 11.8 Å². The number of halogens is 1. The Balaban J connectivity index is 1.82. The molecule has 4 heteroatoms. The lowest BCUT2D eigenvalue weighted by Crippen LogP contribution is -2.28. The molecule has 2 rings (SSSR count). The van der Waals surface area contributed by atoms with E-state index in [2.05, 4.69) is 30.3 Å². The van der Waals surface area contributed by atoms with Gasteiger partial charge in [0.2, 0.25) is 0 Å². The molecule has 90 valence electrons. The Kier molecular flexibility index (Phi) is 4.25. The maximum Gasteiger partial charge on any atom is 0.0931 e. The molecule has 0 spiro atoms. The van der Waals surface area contributed by atoms with E-state index < -0.39 is 0 Å². The second-order valence-electron chi connectivity index (χ2n) is 4.80. The van der Waals surface area contributed by atoms with E-state index in [4.69, 9.17) is 11.6 Å². The summed E-state index contributed by atoms with van der Waals surface area (Å²) in [6.45, 7) is 6.85. The van der Waals surface area contributed by atoms with E-state index in [0.717, 1.165) is 29.3 Å². The molecule has 1 fully saturated rings. The molecule has 16 heavy (non-hydrogen) atoms. The van der Waals surface area contributed by atoms with Gasteiger partial charge in [-0.15, -0.1) is 11.3 Å². The summed E-state index contributed by atoms with van der Waals surface area (Å²) in [4.78, 5) is 3.75. The van der Waals surface area contributed by atoms with Crippen molar-refractivity contribution in [1.82, 2.24) is 10.2 Å². The Labute approximate surface area is 107 Å². The highest BCUT2D eigenvalue weighted by Crippen LogP contribution is 2.23. The van der Waals surface area contributed by atoms with Gasteiger partial charge in [-0.25, -0.2) is 0 Å². The Morgan fingerprint density at radius 2 is 2.31 bits per heavy atom. The molecule has 2 atom stereocenters. The maximum absolute atomic E-state index is 5.93. The van der Waals surface area contributed by atoms with Gasteiger partial charge in [-0.2, -0.15) is 0 Å². The largest absolute Gasteiger partial charge is 0.316 e. The topological polar surface area (TPSA) is 15.3 Å². The molecular formula is C12H19ClN2S. The van der Waals surface area contributed by atoms with Crippen molar-refractivity contribution in [3.63, 3.8) is 0 Å². The minimum Gasteiger partial charge on any atom is -0.316 e. The first-order valence-electron chi connectivity index (χ1n) is 5.78. The lowest BCUT2D eigenvalue weighted by molar-refractivity contribution is 0.254. The zero-order valence-corrected chi connectivity index (χ0v) is 11.4. The zero-order valence-electron chi connectivity index (χ0n) is 9.87. The summed E-state index contributed by atoms with van der Waals surface area (Å²) in [5.74, 6) is 1.59. The molecule has 1 aliphatic heterocycles. The minimum absolute atomic E-state index is 0.792. The molecule has 0 radical (unpaired) electrons. The first-order chi connectivity index (χ1) is 7.65. The van der Waals surface area contributed by atoms with E-state index >= 15 is 0 Å². The van der Waals surface area contributed by atoms with Crippen LogP contribution in [0.15, 0.2) is 12.1 Å². The molecule has 0 aromatic carbocycles. The Hall–Kier alpha value is -0.0900. The number of nitrogens with zero attached hydrogens (tertiary/aromatic N) is 1. The van der Waals surface area contributed by atoms with Gasteiger partial charge in [0.05, 0.1) is 4.34 Å². The van der Waals surface area contributed by atoms with Crippen molar-refractivity contribution in [2.45, 2.75) is 13.5 Å². The average Bonchev–Trinajstić information content (AvgIpc) is 2.77. The van der Waals surface area contributed by atoms with Crippen LogP contribution in [0.4, 0.5) is 0 Å². The number of hydrogen-bond acceptors (Lipinski definition) is 3. The third-order valence-corrected chi connectivity index (χ3v) is 4.49. The summed E-state index contributed by atoms with van der Waals surface area (Å²) >= 11 is 7.61. The van der Waals surface area contributed by atoms with Gasteiger partial charge in [0, 0.05) is 18.0 Å². The molecule has 2 heterocycles. The van der Waals surface area contributed by atoms with E-state index in [0.29, 0.717) is 0 Å².